The Morgan fingerprint density at radius 3 is 2.48 bits per heavy atom. The van der Waals surface area contributed by atoms with E-state index in [1.807, 2.05) is 23.2 Å². The van der Waals surface area contributed by atoms with Gasteiger partial charge in [-0.2, -0.15) is 0 Å². The molecular weight excluding hydrogens is 338 g/mol. The number of amides is 2. The molecule has 1 aliphatic heterocycles. The molecule has 1 saturated heterocycles. The number of rotatable bonds is 5. The van der Waals surface area contributed by atoms with Gasteiger partial charge in [0.1, 0.15) is 0 Å². The lowest BCUT2D eigenvalue weighted by atomic mass is 9.95. The second kappa shape index (κ2) is 10.4. The summed E-state index contributed by atoms with van der Waals surface area (Å²) < 4.78 is 0. The first-order valence-corrected chi connectivity index (χ1v) is 10.7. The van der Waals surface area contributed by atoms with Crippen molar-refractivity contribution in [2.75, 3.05) is 6.54 Å². The van der Waals surface area contributed by atoms with Crippen molar-refractivity contribution in [2.24, 2.45) is 0 Å². The molecule has 148 valence electrons. The van der Waals surface area contributed by atoms with Crippen molar-refractivity contribution in [1.82, 2.24) is 15.2 Å². The Kier molecular flexibility index (Phi) is 7.66. The van der Waals surface area contributed by atoms with Gasteiger partial charge in [0.05, 0.1) is 6.04 Å². The highest BCUT2D eigenvalue weighted by atomic mass is 16.2. The zero-order valence-corrected chi connectivity index (χ0v) is 16.4. The monoisotopic (exact) mass is 371 g/mol. The number of aromatic nitrogens is 1. The minimum atomic E-state index is 0.0314. The van der Waals surface area contributed by atoms with Crippen molar-refractivity contribution >= 4 is 11.8 Å². The number of nitrogens with one attached hydrogen (secondary N) is 1. The first kappa shape index (κ1) is 19.8. The van der Waals surface area contributed by atoms with Crippen LogP contribution in [0.15, 0.2) is 24.5 Å². The molecule has 5 heteroatoms. The van der Waals surface area contributed by atoms with E-state index in [4.69, 9.17) is 0 Å². The molecule has 27 heavy (non-hydrogen) atoms. The number of hydrogen-bond acceptors (Lipinski definition) is 3. The van der Waals surface area contributed by atoms with Crippen LogP contribution in [0.1, 0.15) is 88.7 Å². The van der Waals surface area contributed by atoms with Crippen LogP contribution < -0.4 is 5.32 Å². The molecule has 0 spiro atoms. The standard InChI is InChI=1S/C22H33N3O2/c26-21(24-19-10-4-2-1-3-5-11-19)13-14-22(27)25-16-7-6-12-20(25)18-9-8-15-23-17-18/h8-9,15,17,19-20H,1-7,10-14,16H2,(H,24,26). The van der Waals surface area contributed by atoms with Gasteiger partial charge in [-0.15, -0.1) is 0 Å². The second-order valence-corrected chi connectivity index (χ2v) is 7.99. The van der Waals surface area contributed by atoms with Crippen molar-refractivity contribution in [3.05, 3.63) is 30.1 Å². The Labute approximate surface area is 162 Å². The van der Waals surface area contributed by atoms with Crippen LogP contribution >= 0.6 is 0 Å². The van der Waals surface area contributed by atoms with Crippen molar-refractivity contribution in [3.8, 4) is 0 Å². The van der Waals surface area contributed by atoms with Crippen LogP contribution in [-0.2, 0) is 9.59 Å². The number of likely N-dealkylation sites (tertiary alicyclic amines) is 1. The van der Waals surface area contributed by atoms with Crippen LogP contribution in [0.25, 0.3) is 0 Å². The lowest BCUT2D eigenvalue weighted by Crippen LogP contribution is -2.40. The van der Waals surface area contributed by atoms with E-state index >= 15 is 0 Å². The lowest BCUT2D eigenvalue weighted by molar-refractivity contribution is -0.137. The van der Waals surface area contributed by atoms with E-state index in [-0.39, 0.29) is 17.9 Å². The van der Waals surface area contributed by atoms with Crippen LogP contribution in [0.3, 0.4) is 0 Å². The summed E-state index contributed by atoms with van der Waals surface area (Å²) in [6, 6.07) is 4.37. The normalized spacial score (nSPS) is 21.9. The molecule has 2 amide bonds. The summed E-state index contributed by atoms with van der Waals surface area (Å²) in [6.07, 6.45) is 15.8. The zero-order chi connectivity index (χ0) is 18.9. The van der Waals surface area contributed by atoms with Crippen molar-refractivity contribution in [3.63, 3.8) is 0 Å². The minimum Gasteiger partial charge on any atom is -0.353 e. The van der Waals surface area contributed by atoms with E-state index < -0.39 is 0 Å². The van der Waals surface area contributed by atoms with Gasteiger partial charge in [0, 0.05) is 37.8 Å². The van der Waals surface area contributed by atoms with Crippen molar-refractivity contribution in [1.29, 1.82) is 0 Å². The number of carbonyl (C=O) groups excluding carboxylic acids is 2. The quantitative estimate of drug-likeness (QED) is 0.846. The number of nitrogens with zero attached hydrogens (tertiary/aromatic N) is 2. The highest BCUT2D eigenvalue weighted by Gasteiger charge is 2.28. The van der Waals surface area contributed by atoms with Gasteiger partial charge in [-0.25, -0.2) is 0 Å². The van der Waals surface area contributed by atoms with Gasteiger partial charge < -0.3 is 10.2 Å². The fourth-order valence-electron chi connectivity index (χ4n) is 4.41. The maximum absolute atomic E-state index is 12.8. The molecule has 1 atom stereocenters. The average molecular weight is 372 g/mol. The Morgan fingerprint density at radius 1 is 1.00 bits per heavy atom. The molecule has 5 nitrogen and oxygen atoms in total. The molecule has 2 heterocycles. The van der Waals surface area contributed by atoms with Crippen LogP contribution in [-0.4, -0.2) is 34.3 Å². The van der Waals surface area contributed by atoms with Gasteiger partial charge in [-0.1, -0.05) is 38.2 Å². The SMILES string of the molecule is O=C(CCC(=O)N1CCCCC1c1cccnc1)NC1CCCCCCC1. The summed E-state index contributed by atoms with van der Waals surface area (Å²) in [7, 11) is 0. The summed E-state index contributed by atoms with van der Waals surface area (Å²) in [4.78, 5) is 31.3. The van der Waals surface area contributed by atoms with Gasteiger partial charge in [-0.05, 0) is 43.7 Å². The lowest BCUT2D eigenvalue weighted by Gasteiger charge is -2.36. The van der Waals surface area contributed by atoms with Crippen molar-refractivity contribution in [2.45, 2.75) is 89.1 Å². The summed E-state index contributed by atoms with van der Waals surface area (Å²) in [5.41, 5.74) is 1.10. The number of carbonyl (C=O) groups is 2. The van der Waals surface area contributed by atoms with Gasteiger partial charge in [0.2, 0.25) is 11.8 Å². The largest absolute Gasteiger partial charge is 0.353 e. The smallest absolute Gasteiger partial charge is 0.223 e. The molecule has 0 bridgehead atoms. The summed E-state index contributed by atoms with van der Waals surface area (Å²) in [5, 5.41) is 3.17. The topological polar surface area (TPSA) is 62.3 Å². The predicted octanol–water partition coefficient (Wildman–Crippen LogP) is 4.14. The molecule has 1 aromatic rings. The highest BCUT2D eigenvalue weighted by Crippen LogP contribution is 2.31. The molecule has 2 fully saturated rings. The number of pyridine rings is 1. The van der Waals surface area contributed by atoms with E-state index in [2.05, 4.69) is 10.3 Å². The molecule has 3 rings (SSSR count). The van der Waals surface area contributed by atoms with Crippen LogP contribution in [0.2, 0.25) is 0 Å². The van der Waals surface area contributed by atoms with Gasteiger partial charge >= 0.3 is 0 Å². The Balaban J connectivity index is 1.49. The molecule has 1 unspecified atom stereocenters. The van der Waals surface area contributed by atoms with E-state index in [0.717, 1.165) is 44.2 Å². The fraction of sp³-hybridized carbons (Fsp3) is 0.682. The molecule has 0 aromatic carbocycles. The van der Waals surface area contributed by atoms with E-state index in [0.29, 0.717) is 18.9 Å². The molecule has 1 saturated carbocycles. The molecule has 2 aliphatic rings. The molecule has 1 aliphatic carbocycles. The van der Waals surface area contributed by atoms with E-state index in [1.165, 1.54) is 32.1 Å². The molecule has 1 N–H and O–H groups in total. The van der Waals surface area contributed by atoms with E-state index in [9.17, 15) is 9.59 Å². The fourth-order valence-corrected chi connectivity index (χ4v) is 4.41. The van der Waals surface area contributed by atoms with E-state index in [1.54, 1.807) is 6.20 Å². The first-order chi connectivity index (χ1) is 13.2. The third-order valence-electron chi connectivity index (χ3n) is 5.93. The van der Waals surface area contributed by atoms with Gasteiger partial charge in [0.15, 0.2) is 0 Å². The third-order valence-corrected chi connectivity index (χ3v) is 5.93. The first-order valence-electron chi connectivity index (χ1n) is 10.7. The van der Waals surface area contributed by atoms with Crippen LogP contribution in [0.5, 0.6) is 0 Å². The second-order valence-electron chi connectivity index (χ2n) is 7.99. The minimum absolute atomic E-state index is 0.0314. The maximum Gasteiger partial charge on any atom is 0.223 e. The number of piperidine rings is 1. The van der Waals surface area contributed by atoms with Crippen LogP contribution in [0, 0.1) is 0 Å². The Morgan fingerprint density at radius 2 is 1.74 bits per heavy atom. The Bertz CT molecular complexity index is 597. The maximum atomic E-state index is 12.8. The molecule has 1 aromatic heterocycles. The molecular formula is C22H33N3O2. The average Bonchev–Trinajstić information content (AvgIpc) is 2.69. The Hall–Kier alpha value is -1.91. The third kappa shape index (κ3) is 6.05. The number of hydrogen-bond donors (Lipinski definition) is 1. The highest BCUT2D eigenvalue weighted by molar-refractivity contribution is 5.84. The van der Waals surface area contributed by atoms with Gasteiger partial charge in [-0.3, -0.25) is 14.6 Å². The molecule has 0 radical (unpaired) electrons. The van der Waals surface area contributed by atoms with Gasteiger partial charge in [0.25, 0.3) is 0 Å². The predicted molar refractivity (Wildman–Crippen MR) is 106 cm³/mol. The van der Waals surface area contributed by atoms with Crippen LogP contribution in [0.4, 0.5) is 0 Å². The summed E-state index contributed by atoms with van der Waals surface area (Å²) >= 11 is 0. The summed E-state index contributed by atoms with van der Waals surface area (Å²) in [6.45, 7) is 0.780. The summed E-state index contributed by atoms with van der Waals surface area (Å²) in [5.74, 6) is 0.125. The zero-order valence-electron chi connectivity index (χ0n) is 16.4. The van der Waals surface area contributed by atoms with Crippen molar-refractivity contribution < 1.29 is 9.59 Å².